The fourth-order valence-corrected chi connectivity index (χ4v) is 3.90. The maximum atomic E-state index is 12.5. The van der Waals surface area contributed by atoms with Gasteiger partial charge in [0.25, 0.3) is 0 Å². The minimum Gasteiger partial charge on any atom is -0.481 e. The molecule has 1 aliphatic heterocycles. The molecule has 0 radical (unpaired) electrons. The van der Waals surface area contributed by atoms with Crippen molar-refractivity contribution >= 4 is 28.7 Å². The van der Waals surface area contributed by atoms with Gasteiger partial charge in [0, 0.05) is 11.6 Å². The number of aliphatic hydroxyl groups is 4. The first kappa shape index (κ1) is 24.6. The third-order valence-electron chi connectivity index (χ3n) is 5.58. The molecule has 1 saturated heterocycles. The van der Waals surface area contributed by atoms with Crippen molar-refractivity contribution in [3.05, 3.63) is 35.5 Å². The molecule has 1 aliphatic rings. The van der Waals surface area contributed by atoms with Gasteiger partial charge in [-0.25, -0.2) is 4.79 Å². The van der Waals surface area contributed by atoms with E-state index in [2.05, 4.69) is 5.32 Å². The van der Waals surface area contributed by atoms with E-state index in [0.29, 0.717) is 16.5 Å². The maximum absolute atomic E-state index is 12.5. The fourth-order valence-electron chi connectivity index (χ4n) is 3.90. The molecule has 0 saturated carbocycles. The van der Waals surface area contributed by atoms with Crippen LogP contribution in [0.15, 0.2) is 24.4 Å². The SMILES string of the molecule is Cc1ccc2c(c1)c(CC(=O)NC(CC(=O)O)C(=O)O)cn2[C@@H]1O[C@H](CO)[C@@H](O)[C@H](O)[C@H]1O. The molecular weight excluding hydrogens is 440 g/mol. The Bertz CT molecular complexity index is 1050. The average molecular weight is 466 g/mol. The second-order valence-corrected chi connectivity index (χ2v) is 8.03. The van der Waals surface area contributed by atoms with Crippen LogP contribution < -0.4 is 5.32 Å². The number of hydrogen-bond donors (Lipinski definition) is 7. The van der Waals surface area contributed by atoms with Crippen molar-refractivity contribution in [1.82, 2.24) is 9.88 Å². The number of nitrogens with zero attached hydrogens (tertiary/aromatic N) is 1. The number of benzene rings is 1. The molecule has 1 unspecified atom stereocenters. The van der Waals surface area contributed by atoms with Crippen molar-refractivity contribution in [3.63, 3.8) is 0 Å². The summed E-state index contributed by atoms with van der Waals surface area (Å²) in [4.78, 5) is 34.6. The number of hydrogen-bond acceptors (Lipinski definition) is 8. The molecule has 0 aliphatic carbocycles. The number of aliphatic carboxylic acids is 2. The van der Waals surface area contributed by atoms with E-state index in [-0.39, 0.29) is 6.42 Å². The molecule has 3 rings (SSSR count). The summed E-state index contributed by atoms with van der Waals surface area (Å²) in [6, 6.07) is 3.65. The van der Waals surface area contributed by atoms with Gasteiger partial charge in [-0.1, -0.05) is 11.6 Å². The Morgan fingerprint density at radius 1 is 1.12 bits per heavy atom. The van der Waals surface area contributed by atoms with Crippen molar-refractivity contribution in [1.29, 1.82) is 0 Å². The zero-order valence-corrected chi connectivity index (χ0v) is 17.7. The highest BCUT2D eigenvalue weighted by Gasteiger charge is 2.44. The fraction of sp³-hybridized carbons (Fsp3) is 0.476. The molecule has 33 heavy (non-hydrogen) atoms. The number of rotatable bonds is 8. The van der Waals surface area contributed by atoms with Crippen molar-refractivity contribution < 1.29 is 49.8 Å². The molecule has 12 nitrogen and oxygen atoms in total. The van der Waals surface area contributed by atoms with Gasteiger partial charge in [-0.05, 0) is 24.6 Å². The number of amides is 1. The summed E-state index contributed by atoms with van der Waals surface area (Å²) in [7, 11) is 0. The molecule has 2 heterocycles. The number of aromatic nitrogens is 1. The predicted molar refractivity (Wildman–Crippen MR) is 111 cm³/mol. The average Bonchev–Trinajstić information content (AvgIpc) is 3.08. The lowest BCUT2D eigenvalue weighted by Gasteiger charge is -2.40. The smallest absolute Gasteiger partial charge is 0.326 e. The van der Waals surface area contributed by atoms with Crippen LogP contribution >= 0.6 is 0 Å². The number of fused-ring (bicyclic) bond motifs is 1. The Morgan fingerprint density at radius 3 is 2.42 bits per heavy atom. The predicted octanol–water partition coefficient (Wildman–Crippen LogP) is -1.49. The van der Waals surface area contributed by atoms with Crippen LogP contribution in [0.4, 0.5) is 0 Å². The number of nitrogens with one attached hydrogen (secondary N) is 1. The van der Waals surface area contributed by atoms with Crippen LogP contribution in [0.2, 0.25) is 0 Å². The van der Waals surface area contributed by atoms with E-state index in [1.807, 2.05) is 6.92 Å². The normalized spacial score (nSPS) is 26.2. The third-order valence-corrected chi connectivity index (χ3v) is 5.58. The van der Waals surface area contributed by atoms with E-state index in [0.717, 1.165) is 5.56 Å². The van der Waals surface area contributed by atoms with Crippen molar-refractivity contribution in [2.75, 3.05) is 6.61 Å². The molecule has 2 aromatic rings. The van der Waals surface area contributed by atoms with E-state index in [9.17, 15) is 34.8 Å². The van der Waals surface area contributed by atoms with Gasteiger partial charge in [-0.3, -0.25) is 9.59 Å². The number of carboxylic acid groups (broad SMARTS) is 2. The lowest BCUT2D eigenvalue weighted by molar-refractivity contribution is -0.250. The highest BCUT2D eigenvalue weighted by atomic mass is 16.6. The van der Waals surface area contributed by atoms with Gasteiger partial charge in [0.15, 0.2) is 6.23 Å². The molecule has 1 amide bonds. The molecule has 12 heteroatoms. The maximum Gasteiger partial charge on any atom is 0.326 e. The molecular formula is C21H26N2O10. The summed E-state index contributed by atoms with van der Waals surface area (Å²) in [6.07, 6.45) is -6.59. The van der Waals surface area contributed by atoms with Gasteiger partial charge in [0.2, 0.25) is 5.91 Å². The topological polar surface area (TPSA) is 199 Å². The Balaban J connectivity index is 1.94. The Hall–Kier alpha value is -3.03. The van der Waals surface area contributed by atoms with E-state index >= 15 is 0 Å². The van der Waals surface area contributed by atoms with Crippen molar-refractivity contribution in [3.8, 4) is 0 Å². The highest BCUT2D eigenvalue weighted by molar-refractivity contribution is 5.92. The minimum absolute atomic E-state index is 0.298. The first-order chi connectivity index (χ1) is 15.5. The summed E-state index contributed by atoms with van der Waals surface area (Å²) in [6.45, 7) is 1.22. The Labute approximate surface area is 187 Å². The van der Waals surface area contributed by atoms with Gasteiger partial charge < -0.3 is 45.3 Å². The zero-order valence-electron chi connectivity index (χ0n) is 17.7. The van der Waals surface area contributed by atoms with E-state index in [4.69, 9.17) is 14.9 Å². The van der Waals surface area contributed by atoms with Gasteiger partial charge >= 0.3 is 11.9 Å². The monoisotopic (exact) mass is 466 g/mol. The highest BCUT2D eigenvalue weighted by Crippen LogP contribution is 2.33. The van der Waals surface area contributed by atoms with Crippen LogP contribution in [-0.4, -0.2) is 90.1 Å². The number of ether oxygens (including phenoxy) is 1. The van der Waals surface area contributed by atoms with E-state index in [1.54, 1.807) is 18.2 Å². The van der Waals surface area contributed by atoms with E-state index in [1.165, 1.54) is 10.8 Å². The molecule has 0 bridgehead atoms. The molecule has 180 valence electrons. The molecule has 1 aromatic carbocycles. The lowest BCUT2D eigenvalue weighted by Crippen LogP contribution is -2.56. The zero-order chi connectivity index (χ0) is 24.4. The molecule has 0 spiro atoms. The number of aliphatic hydroxyl groups excluding tert-OH is 4. The molecule has 1 fully saturated rings. The largest absolute Gasteiger partial charge is 0.481 e. The van der Waals surface area contributed by atoms with Crippen LogP contribution in [0.3, 0.4) is 0 Å². The first-order valence-corrected chi connectivity index (χ1v) is 10.2. The summed E-state index contributed by atoms with van der Waals surface area (Å²) in [5.74, 6) is -3.58. The summed E-state index contributed by atoms with van der Waals surface area (Å²) in [5, 5.41) is 60.9. The summed E-state index contributed by atoms with van der Waals surface area (Å²) < 4.78 is 7.09. The second kappa shape index (κ2) is 9.85. The number of carbonyl (C=O) groups excluding carboxylic acids is 1. The lowest BCUT2D eigenvalue weighted by atomic mass is 9.98. The summed E-state index contributed by atoms with van der Waals surface area (Å²) >= 11 is 0. The number of carbonyl (C=O) groups is 3. The van der Waals surface area contributed by atoms with Crippen LogP contribution in [0.25, 0.3) is 10.9 Å². The standard InChI is InChI=1S/C21H26N2O10/c1-9-2-3-13-11(4-9)10(5-15(25)22-12(21(31)32)6-16(26)27)7-23(13)20-19(30)18(29)17(28)14(8-24)33-20/h2-4,7,12,14,17-20,24,28-30H,5-6,8H2,1H3,(H,22,25)(H,26,27)(H,31,32)/t12?,14-,17-,18+,19-,20-/m1/s1. The van der Waals surface area contributed by atoms with Crippen molar-refractivity contribution in [2.24, 2.45) is 0 Å². The van der Waals surface area contributed by atoms with Crippen LogP contribution in [0.1, 0.15) is 23.8 Å². The number of aryl methyl sites for hydroxylation is 1. The van der Waals surface area contributed by atoms with Gasteiger partial charge in [-0.15, -0.1) is 0 Å². The quantitative estimate of drug-likeness (QED) is 0.240. The van der Waals surface area contributed by atoms with Crippen LogP contribution in [0.5, 0.6) is 0 Å². The van der Waals surface area contributed by atoms with Gasteiger partial charge in [-0.2, -0.15) is 0 Å². The first-order valence-electron chi connectivity index (χ1n) is 10.2. The molecule has 1 aromatic heterocycles. The van der Waals surface area contributed by atoms with Gasteiger partial charge in [0.1, 0.15) is 30.5 Å². The Kier molecular flexibility index (Phi) is 7.34. The minimum atomic E-state index is -1.60. The summed E-state index contributed by atoms with van der Waals surface area (Å²) in [5.41, 5.74) is 1.81. The van der Waals surface area contributed by atoms with Crippen LogP contribution in [0, 0.1) is 6.92 Å². The van der Waals surface area contributed by atoms with Crippen LogP contribution in [-0.2, 0) is 25.5 Å². The number of carboxylic acids is 2. The van der Waals surface area contributed by atoms with E-state index < -0.39 is 67.6 Å². The second-order valence-electron chi connectivity index (χ2n) is 8.03. The third kappa shape index (κ3) is 5.15. The van der Waals surface area contributed by atoms with Gasteiger partial charge in [0.05, 0.1) is 25.0 Å². The molecule has 7 N–H and O–H groups in total. The molecule has 6 atom stereocenters. The Morgan fingerprint density at radius 2 is 1.82 bits per heavy atom. The van der Waals surface area contributed by atoms with Crippen molar-refractivity contribution in [2.45, 2.75) is 56.5 Å².